The van der Waals surface area contributed by atoms with Crippen molar-refractivity contribution in [2.24, 2.45) is 0 Å². The summed E-state index contributed by atoms with van der Waals surface area (Å²) in [7, 11) is -4.18. The van der Waals surface area contributed by atoms with Gasteiger partial charge >= 0.3 is 0 Å². The zero-order valence-electron chi connectivity index (χ0n) is 20.8. The van der Waals surface area contributed by atoms with Gasteiger partial charge in [0.25, 0.3) is 10.0 Å². The molecule has 0 aromatic heterocycles. The first-order valence-corrected chi connectivity index (χ1v) is 13.9. The first-order chi connectivity index (χ1) is 17.5. The molecule has 10 heteroatoms. The van der Waals surface area contributed by atoms with Crippen molar-refractivity contribution in [3.05, 3.63) is 94.0 Å². The highest BCUT2D eigenvalue weighted by Gasteiger charge is 2.32. The van der Waals surface area contributed by atoms with Crippen LogP contribution in [0.3, 0.4) is 0 Å². The van der Waals surface area contributed by atoms with Gasteiger partial charge in [-0.3, -0.25) is 13.9 Å². The molecule has 0 unspecified atom stereocenters. The number of likely N-dealkylation sites (N-methyl/N-ethyl adjacent to an activating group) is 1. The van der Waals surface area contributed by atoms with Crippen LogP contribution in [0, 0.1) is 6.92 Å². The van der Waals surface area contributed by atoms with Crippen molar-refractivity contribution in [1.82, 2.24) is 10.2 Å². The fourth-order valence-corrected chi connectivity index (χ4v) is 5.66. The van der Waals surface area contributed by atoms with E-state index in [0.717, 1.165) is 15.4 Å². The van der Waals surface area contributed by atoms with Gasteiger partial charge in [0.05, 0.1) is 10.6 Å². The zero-order valence-corrected chi connectivity index (χ0v) is 23.1. The number of amides is 2. The lowest BCUT2D eigenvalue weighted by Crippen LogP contribution is -2.51. The number of nitrogens with zero attached hydrogens (tertiary/aromatic N) is 2. The predicted molar refractivity (Wildman–Crippen MR) is 147 cm³/mol. The topological polar surface area (TPSA) is 86.8 Å². The fraction of sp³-hybridized carbons (Fsp3) is 0.259. The Balaban J connectivity index is 2.04. The van der Waals surface area contributed by atoms with E-state index in [0.29, 0.717) is 6.54 Å². The van der Waals surface area contributed by atoms with Gasteiger partial charge in [0.1, 0.15) is 12.6 Å². The summed E-state index contributed by atoms with van der Waals surface area (Å²) in [5.41, 5.74) is 1.99. The molecule has 3 aromatic rings. The van der Waals surface area contributed by atoms with E-state index in [-0.39, 0.29) is 33.1 Å². The maximum Gasteiger partial charge on any atom is 0.264 e. The fourth-order valence-electron chi connectivity index (χ4n) is 3.73. The summed E-state index contributed by atoms with van der Waals surface area (Å²) in [6.45, 7) is 5.30. The van der Waals surface area contributed by atoms with Gasteiger partial charge in [-0.15, -0.1) is 0 Å². The summed E-state index contributed by atoms with van der Waals surface area (Å²) in [6, 6.07) is 18.8. The maximum atomic E-state index is 13.8. The number of carbonyl (C=O) groups is 2. The van der Waals surface area contributed by atoms with Crippen molar-refractivity contribution in [2.75, 3.05) is 17.4 Å². The predicted octanol–water partition coefficient (Wildman–Crippen LogP) is 5.05. The zero-order chi connectivity index (χ0) is 27.2. The third-order valence-corrected chi connectivity index (χ3v) is 7.96. The van der Waals surface area contributed by atoms with Crippen LogP contribution in [0.25, 0.3) is 0 Å². The molecule has 0 bridgehead atoms. The van der Waals surface area contributed by atoms with Gasteiger partial charge in [0.2, 0.25) is 11.8 Å². The van der Waals surface area contributed by atoms with Crippen LogP contribution in [0.5, 0.6) is 0 Å². The largest absolute Gasteiger partial charge is 0.355 e. The van der Waals surface area contributed by atoms with Crippen LogP contribution in [0.15, 0.2) is 77.7 Å². The average molecular weight is 563 g/mol. The Morgan fingerprint density at radius 1 is 0.946 bits per heavy atom. The molecule has 1 atom stereocenters. The molecule has 7 nitrogen and oxygen atoms in total. The van der Waals surface area contributed by atoms with E-state index in [1.165, 1.54) is 35.2 Å². The molecule has 3 aromatic carbocycles. The standard InChI is InChI=1S/C27H29Cl2N3O4S/c1-4-30-27(34)20(3)31(17-21-12-10-19(2)11-13-21)26(33)18-32(24-15-22(28)14-23(29)16-24)37(35,36)25-8-6-5-7-9-25/h5-16,20H,4,17-18H2,1-3H3,(H,30,34)/t20-/m1/s1. The minimum absolute atomic E-state index is 0.000701. The Kier molecular flexibility index (Phi) is 9.59. The van der Waals surface area contributed by atoms with Gasteiger partial charge in [0.15, 0.2) is 0 Å². The lowest BCUT2D eigenvalue weighted by molar-refractivity contribution is -0.139. The van der Waals surface area contributed by atoms with E-state index < -0.39 is 28.5 Å². The van der Waals surface area contributed by atoms with Crippen molar-refractivity contribution in [3.63, 3.8) is 0 Å². The summed E-state index contributed by atoms with van der Waals surface area (Å²) in [6.07, 6.45) is 0. The number of nitrogens with one attached hydrogen (secondary N) is 1. The second-order valence-corrected chi connectivity index (χ2v) is 11.3. The molecular formula is C27H29Cl2N3O4S. The molecule has 0 aliphatic rings. The number of halogens is 2. The molecule has 0 aliphatic heterocycles. The first-order valence-electron chi connectivity index (χ1n) is 11.7. The molecular weight excluding hydrogens is 533 g/mol. The van der Waals surface area contributed by atoms with Crippen molar-refractivity contribution in [3.8, 4) is 0 Å². The normalized spacial score (nSPS) is 12.0. The Labute approximate surface area is 228 Å². The van der Waals surface area contributed by atoms with Gasteiger partial charge in [-0.25, -0.2) is 8.42 Å². The van der Waals surface area contributed by atoms with Crippen molar-refractivity contribution >= 4 is 50.7 Å². The number of sulfonamides is 1. The van der Waals surface area contributed by atoms with Crippen molar-refractivity contribution in [2.45, 2.75) is 38.3 Å². The third kappa shape index (κ3) is 7.25. The van der Waals surface area contributed by atoms with Gasteiger partial charge < -0.3 is 10.2 Å². The van der Waals surface area contributed by atoms with Gasteiger partial charge in [-0.05, 0) is 56.7 Å². The molecule has 0 aliphatic carbocycles. The van der Waals surface area contributed by atoms with Crippen molar-refractivity contribution < 1.29 is 18.0 Å². The van der Waals surface area contributed by atoms with Crippen LogP contribution >= 0.6 is 23.2 Å². The van der Waals surface area contributed by atoms with E-state index in [1.807, 2.05) is 31.2 Å². The second kappa shape index (κ2) is 12.4. The van der Waals surface area contributed by atoms with E-state index in [1.54, 1.807) is 32.0 Å². The van der Waals surface area contributed by atoms with E-state index in [9.17, 15) is 18.0 Å². The van der Waals surface area contributed by atoms with Crippen LogP contribution in [-0.2, 0) is 26.2 Å². The molecule has 196 valence electrons. The van der Waals surface area contributed by atoms with Crippen LogP contribution in [-0.4, -0.2) is 44.3 Å². The summed E-state index contributed by atoms with van der Waals surface area (Å²) < 4.78 is 28.4. The quantitative estimate of drug-likeness (QED) is 0.375. The Morgan fingerprint density at radius 2 is 1.54 bits per heavy atom. The number of benzene rings is 3. The molecule has 0 saturated carbocycles. The van der Waals surface area contributed by atoms with E-state index in [4.69, 9.17) is 23.2 Å². The highest BCUT2D eigenvalue weighted by Crippen LogP contribution is 2.30. The summed E-state index contributed by atoms with van der Waals surface area (Å²) in [5, 5.41) is 3.17. The van der Waals surface area contributed by atoms with Crippen LogP contribution in [0.4, 0.5) is 5.69 Å². The Bertz CT molecular complexity index is 1330. The number of hydrogen-bond acceptors (Lipinski definition) is 4. The molecule has 0 saturated heterocycles. The molecule has 3 rings (SSSR count). The molecule has 37 heavy (non-hydrogen) atoms. The Hall–Kier alpha value is -3.07. The first kappa shape index (κ1) is 28.5. The summed E-state index contributed by atoms with van der Waals surface area (Å²) >= 11 is 12.4. The SMILES string of the molecule is CCNC(=O)[C@@H](C)N(Cc1ccc(C)cc1)C(=O)CN(c1cc(Cl)cc(Cl)c1)S(=O)(=O)c1ccccc1. The lowest BCUT2D eigenvalue weighted by atomic mass is 10.1. The highest BCUT2D eigenvalue weighted by atomic mass is 35.5. The lowest BCUT2D eigenvalue weighted by Gasteiger charge is -2.32. The summed E-state index contributed by atoms with van der Waals surface area (Å²) in [4.78, 5) is 27.9. The van der Waals surface area contributed by atoms with Crippen molar-refractivity contribution in [1.29, 1.82) is 0 Å². The molecule has 0 fully saturated rings. The second-order valence-electron chi connectivity index (χ2n) is 8.53. The number of carbonyl (C=O) groups excluding carboxylic acids is 2. The third-order valence-electron chi connectivity index (χ3n) is 5.74. The van der Waals surface area contributed by atoms with Gasteiger partial charge in [-0.1, -0.05) is 71.2 Å². The van der Waals surface area contributed by atoms with Crippen LogP contribution in [0.2, 0.25) is 10.0 Å². The van der Waals surface area contributed by atoms with Crippen LogP contribution in [0.1, 0.15) is 25.0 Å². The number of rotatable bonds is 10. The minimum atomic E-state index is -4.18. The number of hydrogen-bond donors (Lipinski definition) is 1. The number of aryl methyl sites for hydroxylation is 1. The maximum absolute atomic E-state index is 13.8. The minimum Gasteiger partial charge on any atom is -0.355 e. The number of anilines is 1. The summed E-state index contributed by atoms with van der Waals surface area (Å²) in [5.74, 6) is -0.902. The average Bonchev–Trinajstić information content (AvgIpc) is 2.86. The Morgan fingerprint density at radius 3 is 2.11 bits per heavy atom. The molecule has 0 spiro atoms. The molecule has 0 heterocycles. The van der Waals surface area contributed by atoms with Gasteiger partial charge in [-0.2, -0.15) is 0 Å². The van der Waals surface area contributed by atoms with Gasteiger partial charge in [0, 0.05) is 23.1 Å². The molecule has 2 amide bonds. The van der Waals surface area contributed by atoms with E-state index in [2.05, 4.69) is 5.32 Å². The van der Waals surface area contributed by atoms with E-state index >= 15 is 0 Å². The molecule has 0 radical (unpaired) electrons. The highest BCUT2D eigenvalue weighted by molar-refractivity contribution is 7.92. The smallest absolute Gasteiger partial charge is 0.264 e. The molecule has 1 N–H and O–H groups in total. The van der Waals surface area contributed by atoms with Crippen LogP contribution < -0.4 is 9.62 Å². The monoisotopic (exact) mass is 561 g/mol.